The topological polar surface area (TPSA) is 29.5 Å². The molecule has 1 saturated heterocycles. The first-order chi connectivity index (χ1) is 5.38. The summed E-state index contributed by atoms with van der Waals surface area (Å²) in [6.45, 7) is -0.0433. The van der Waals surface area contributed by atoms with Gasteiger partial charge in [-0.15, -0.1) is 13.2 Å². The second-order valence-corrected chi connectivity index (χ2v) is 2.49. The lowest BCUT2D eigenvalue weighted by Gasteiger charge is -2.12. The molecule has 0 N–H and O–H groups in total. The second-order valence-electron chi connectivity index (χ2n) is 2.49. The number of nitrogens with zero attached hydrogens (tertiary/aromatic N) is 1. The Kier molecular flexibility index (Phi) is 2.27. The molecule has 12 heavy (non-hydrogen) atoms. The normalized spacial score (nSPS) is 25.2. The number of amides is 1. The van der Waals surface area contributed by atoms with E-state index in [1.165, 1.54) is 7.05 Å². The van der Waals surface area contributed by atoms with Crippen LogP contribution in [-0.2, 0) is 9.53 Å². The van der Waals surface area contributed by atoms with Crippen molar-refractivity contribution in [3.63, 3.8) is 0 Å². The quantitative estimate of drug-likeness (QED) is 0.593. The summed E-state index contributed by atoms with van der Waals surface area (Å²) in [6, 6.07) is 0. The molecule has 0 bridgehead atoms. The van der Waals surface area contributed by atoms with E-state index in [4.69, 9.17) is 0 Å². The molecule has 1 atom stereocenters. The fourth-order valence-corrected chi connectivity index (χ4v) is 0.942. The van der Waals surface area contributed by atoms with E-state index >= 15 is 0 Å². The highest BCUT2D eigenvalue weighted by molar-refractivity contribution is 5.87. The summed E-state index contributed by atoms with van der Waals surface area (Å²) in [7, 11) is 1.42. The van der Waals surface area contributed by atoms with Crippen LogP contribution in [0.5, 0.6) is 0 Å². The van der Waals surface area contributed by atoms with E-state index in [-0.39, 0.29) is 6.54 Å². The minimum atomic E-state index is -4.67. The highest BCUT2D eigenvalue weighted by Gasteiger charge is 2.38. The van der Waals surface area contributed by atoms with Crippen molar-refractivity contribution >= 4 is 5.91 Å². The molecule has 0 aromatic heterocycles. The van der Waals surface area contributed by atoms with Crippen molar-refractivity contribution in [1.82, 2.24) is 4.90 Å². The van der Waals surface area contributed by atoms with Gasteiger partial charge in [0.15, 0.2) is 0 Å². The van der Waals surface area contributed by atoms with Gasteiger partial charge in [0, 0.05) is 13.6 Å². The van der Waals surface area contributed by atoms with Gasteiger partial charge in [-0.1, -0.05) is 0 Å². The van der Waals surface area contributed by atoms with E-state index in [2.05, 4.69) is 4.74 Å². The van der Waals surface area contributed by atoms with Crippen molar-refractivity contribution in [1.29, 1.82) is 0 Å². The molecule has 1 amide bonds. The van der Waals surface area contributed by atoms with Crippen LogP contribution in [0.25, 0.3) is 0 Å². The molecule has 1 rings (SSSR count). The fraction of sp³-hybridized carbons (Fsp3) is 0.667. The van der Waals surface area contributed by atoms with Crippen LogP contribution in [0.1, 0.15) is 0 Å². The molecule has 1 aliphatic heterocycles. The number of hydrogen-bond donors (Lipinski definition) is 0. The van der Waals surface area contributed by atoms with E-state index in [0.29, 0.717) is 0 Å². The number of rotatable bonds is 1. The average Bonchev–Trinajstić information content (AvgIpc) is 2.07. The van der Waals surface area contributed by atoms with E-state index in [0.717, 1.165) is 11.3 Å². The number of carbonyl (C=O) groups is 1. The number of likely N-dealkylation sites (tertiary alicyclic amines) is 1. The number of carbonyl (C=O) groups excluding carboxylic acids is 1. The van der Waals surface area contributed by atoms with Crippen molar-refractivity contribution in [2.24, 2.45) is 0 Å². The van der Waals surface area contributed by atoms with Crippen molar-refractivity contribution < 1.29 is 22.7 Å². The smallest absolute Gasteiger partial charge is 0.343 e. The number of hydrogen-bond acceptors (Lipinski definition) is 2. The summed E-state index contributed by atoms with van der Waals surface area (Å²) in [5.74, 6) is -0.441. The number of halogens is 3. The lowest BCUT2D eigenvalue weighted by atomic mass is 10.3. The van der Waals surface area contributed by atoms with E-state index in [9.17, 15) is 18.0 Å². The molecule has 69 valence electrons. The summed E-state index contributed by atoms with van der Waals surface area (Å²) in [5.41, 5.74) is 0. The van der Waals surface area contributed by atoms with E-state index in [1.807, 2.05) is 0 Å². The van der Waals surface area contributed by atoms with Crippen molar-refractivity contribution in [2.75, 3.05) is 13.6 Å². The molecular formula is C6H7F3NO2. The summed E-state index contributed by atoms with van der Waals surface area (Å²) in [4.78, 5) is 11.9. The second kappa shape index (κ2) is 2.93. The summed E-state index contributed by atoms with van der Waals surface area (Å²) in [5, 5.41) is 0. The molecule has 0 saturated carbocycles. The summed E-state index contributed by atoms with van der Waals surface area (Å²) >= 11 is 0. The molecule has 0 spiro atoms. The van der Waals surface area contributed by atoms with Crippen LogP contribution in [0, 0.1) is 6.42 Å². The van der Waals surface area contributed by atoms with Gasteiger partial charge < -0.3 is 4.90 Å². The Hall–Kier alpha value is -0.780. The van der Waals surface area contributed by atoms with Gasteiger partial charge >= 0.3 is 6.36 Å². The van der Waals surface area contributed by atoms with E-state index in [1.54, 1.807) is 0 Å². The Balaban J connectivity index is 2.43. The third-order valence-corrected chi connectivity index (χ3v) is 1.44. The maximum Gasteiger partial charge on any atom is 0.522 e. The van der Waals surface area contributed by atoms with Gasteiger partial charge in [0.2, 0.25) is 5.91 Å². The zero-order valence-electron chi connectivity index (χ0n) is 6.26. The molecule has 6 heteroatoms. The first-order valence-electron chi connectivity index (χ1n) is 3.23. The Bertz CT molecular complexity index is 192. The molecule has 1 aliphatic rings. The zero-order valence-corrected chi connectivity index (χ0v) is 6.26. The highest BCUT2D eigenvalue weighted by atomic mass is 19.4. The average molecular weight is 182 g/mol. The summed E-state index contributed by atoms with van der Waals surface area (Å²) < 4.78 is 38.4. The Morgan fingerprint density at radius 2 is 2.25 bits per heavy atom. The van der Waals surface area contributed by atoms with Crippen molar-refractivity contribution in [3.8, 4) is 0 Å². The lowest BCUT2D eigenvalue weighted by Crippen LogP contribution is -2.26. The Morgan fingerprint density at radius 1 is 1.67 bits per heavy atom. The van der Waals surface area contributed by atoms with Gasteiger partial charge in [0.05, 0.1) is 12.5 Å². The third kappa shape index (κ3) is 2.37. The minimum absolute atomic E-state index is 0.0433. The van der Waals surface area contributed by atoms with Crippen molar-refractivity contribution in [2.45, 2.75) is 12.5 Å². The fourth-order valence-electron chi connectivity index (χ4n) is 0.942. The number of alkyl halides is 3. The first kappa shape index (κ1) is 9.31. The van der Waals surface area contributed by atoms with E-state index < -0.39 is 18.4 Å². The number of likely N-dealkylation sites (N-methyl/N-ethyl adjacent to an activating group) is 1. The zero-order chi connectivity index (χ0) is 9.35. The molecular weight excluding hydrogens is 175 g/mol. The van der Waals surface area contributed by atoms with Crippen LogP contribution < -0.4 is 0 Å². The monoisotopic (exact) mass is 182 g/mol. The third-order valence-electron chi connectivity index (χ3n) is 1.44. The maximum atomic E-state index is 11.6. The van der Waals surface area contributed by atoms with Gasteiger partial charge in [0.1, 0.15) is 0 Å². The van der Waals surface area contributed by atoms with Gasteiger partial charge in [0.25, 0.3) is 0 Å². The largest absolute Gasteiger partial charge is 0.522 e. The molecule has 0 aromatic rings. The van der Waals surface area contributed by atoms with Gasteiger partial charge in [-0.25, -0.2) is 0 Å². The van der Waals surface area contributed by atoms with Crippen LogP contribution in [0.2, 0.25) is 0 Å². The first-order valence-corrected chi connectivity index (χ1v) is 3.23. The molecule has 1 unspecified atom stereocenters. The van der Waals surface area contributed by atoms with Gasteiger partial charge in [-0.05, 0) is 0 Å². The van der Waals surface area contributed by atoms with Crippen LogP contribution in [-0.4, -0.2) is 36.9 Å². The molecule has 0 aromatic carbocycles. The van der Waals surface area contributed by atoms with Gasteiger partial charge in [-0.3, -0.25) is 9.53 Å². The Labute approximate surface area is 67.1 Å². The van der Waals surface area contributed by atoms with Gasteiger partial charge in [-0.2, -0.15) is 0 Å². The van der Waals surface area contributed by atoms with Crippen LogP contribution in [0.3, 0.4) is 0 Å². The molecule has 1 radical (unpaired) electrons. The Morgan fingerprint density at radius 3 is 2.58 bits per heavy atom. The molecule has 0 aliphatic carbocycles. The maximum absolute atomic E-state index is 11.6. The highest BCUT2D eigenvalue weighted by Crippen LogP contribution is 2.23. The van der Waals surface area contributed by atoms with Crippen LogP contribution in [0.4, 0.5) is 13.2 Å². The molecule has 1 heterocycles. The van der Waals surface area contributed by atoms with Crippen molar-refractivity contribution in [3.05, 3.63) is 6.42 Å². The SMILES string of the molecule is CN1CC(OC(F)(F)F)[CH]C1=O. The minimum Gasteiger partial charge on any atom is -0.343 e. The lowest BCUT2D eigenvalue weighted by molar-refractivity contribution is -0.336. The predicted molar refractivity (Wildman–Crippen MR) is 32.9 cm³/mol. The van der Waals surface area contributed by atoms with Crippen LogP contribution in [0.15, 0.2) is 0 Å². The predicted octanol–water partition coefficient (Wildman–Crippen LogP) is 0.568. The summed E-state index contributed by atoms with van der Waals surface area (Å²) in [6.07, 6.45) is -4.93. The van der Waals surface area contributed by atoms with Crippen LogP contribution >= 0.6 is 0 Å². The number of ether oxygens (including phenoxy) is 1. The standard InChI is InChI=1S/C6H7F3NO2/c1-10-3-4(2-5(10)11)12-6(7,8)9/h2,4H,3H2,1H3. The molecule has 1 fully saturated rings. The molecule has 3 nitrogen and oxygen atoms in total.